The van der Waals surface area contributed by atoms with Crippen molar-refractivity contribution in [1.29, 1.82) is 0 Å². The number of hydrogen-bond acceptors (Lipinski definition) is 3. The summed E-state index contributed by atoms with van der Waals surface area (Å²) < 4.78 is 26.7. The van der Waals surface area contributed by atoms with Gasteiger partial charge in [0.05, 0.1) is 12.0 Å². The second kappa shape index (κ2) is 6.96. The van der Waals surface area contributed by atoms with E-state index in [-0.39, 0.29) is 36.5 Å². The van der Waals surface area contributed by atoms with Crippen LogP contribution in [0.4, 0.5) is 14.5 Å². The van der Waals surface area contributed by atoms with Gasteiger partial charge in [-0.25, -0.2) is 8.78 Å². The van der Waals surface area contributed by atoms with Gasteiger partial charge in [-0.05, 0) is 30.7 Å². The van der Waals surface area contributed by atoms with E-state index in [1.54, 1.807) is 18.5 Å². The molecule has 5 nitrogen and oxygen atoms in total. The number of nitrogens with zero attached hydrogens (tertiary/aromatic N) is 2. The lowest BCUT2D eigenvalue weighted by Crippen LogP contribution is -2.34. The minimum absolute atomic E-state index is 0.00370. The molecule has 0 unspecified atom stereocenters. The predicted molar refractivity (Wildman–Crippen MR) is 87.6 cm³/mol. The van der Waals surface area contributed by atoms with E-state index >= 15 is 0 Å². The fourth-order valence-corrected chi connectivity index (χ4v) is 2.87. The Balaban J connectivity index is 1.68. The zero-order chi connectivity index (χ0) is 18.0. The second-order valence-electron chi connectivity index (χ2n) is 6.05. The van der Waals surface area contributed by atoms with E-state index < -0.39 is 17.6 Å². The molecule has 2 atom stereocenters. The molecule has 2 aromatic rings. The van der Waals surface area contributed by atoms with Crippen molar-refractivity contribution in [1.82, 2.24) is 10.3 Å². The predicted octanol–water partition coefficient (Wildman–Crippen LogP) is 2.59. The standard InChI is InChI=1S/C18H17F2N3O2/c1-11(12-3-2-4-21-9-12)22-18(25)13-5-17(24)23(10-13)16-7-14(19)6-15(20)8-16/h2-4,6-9,11,13H,5,10H2,1H3,(H,22,25)/t11-,13-/m0/s1. The van der Waals surface area contributed by atoms with Crippen LogP contribution in [0, 0.1) is 17.6 Å². The van der Waals surface area contributed by atoms with E-state index in [0.29, 0.717) is 0 Å². The Labute approximate surface area is 143 Å². The topological polar surface area (TPSA) is 62.3 Å². The summed E-state index contributed by atoms with van der Waals surface area (Å²) in [5, 5.41) is 2.85. The maximum atomic E-state index is 13.4. The first-order valence-electron chi connectivity index (χ1n) is 7.91. The first kappa shape index (κ1) is 17.0. The minimum Gasteiger partial charge on any atom is -0.349 e. The van der Waals surface area contributed by atoms with Crippen molar-refractivity contribution in [3.05, 3.63) is 59.9 Å². The maximum absolute atomic E-state index is 13.4. The highest BCUT2D eigenvalue weighted by Gasteiger charge is 2.35. The summed E-state index contributed by atoms with van der Waals surface area (Å²) in [7, 11) is 0. The Bertz CT molecular complexity index is 778. The molecule has 3 rings (SSSR count). The van der Waals surface area contributed by atoms with Crippen molar-refractivity contribution >= 4 is 17.5 Å². The molecule has 0 saturated carbocycles. The number of carbonyl (C=O) groups is 2. The van der Waals surface area contributed by atoms with Crippen LogP contribution in [-0.4, -0.2) is 23.3 Å². The molecule has 7 heteroatoms. The fourth-order valence-electron chi connectivity index (χ4n) is 2.87. The number of nitrogens with one attached hydrogen (secondary N) is 1. The third-order valence-corrected chi connectivity index (χ3v) is 4.20. The third-order valence-electron chi connectivity index (χ3n) is 4.20. The molecule has 0 aliphatic carbocycles. The van der Waals surface area contributed by atoms with Gasteiger partial charge in [0.2, 0.25) is 11.8 Å². The number of benzene rings is 1. The van der Waals surface area contributed by atoms with Crippen LogP contribution >= 0.6 is 0 Å². The number of amides is 2. The van der Waals surface area contributed by atoms with E-state index in [1.807, 2.05) is 13.0 Å². The van der Waals surface area contributed by atoms with E-state index in [9.17, 15) is 18.4 Å². The maximum Gasteiger partial charge on any atom is 0.227 e. The molecule has 2 amide bonds. The number of hydrogen-bond donors (Lipinski definition) is 1. The summed E-state index contributed by atoms with van der Waals surface area (Å²) in [6.45, 7) is 1.92. The van der Waals surface area contributed by atoms with Crippen LogP contribution in [0.2, 0.25) is 0 Å². The quantitative estimate of drug-likeness (QED) is 0.926. The molecular weight excluding hydrogens is 328 g/mol. The Hall–Kier alpha value is -2.83. The van der Waals surface area contributed by atoms with Crippen LogP contribution in [0.3, 0.4) is 0 Å². The summed E-state index contributed by atoms with van der Waals surface area (Å²) in [5.74, 6) is -2.71. The summed E-state index contributed by atoms with van der Waals surface area (Å²) >= 11 is 0. The monoisotopic (exact) mass is 345 g/mol. The van der Waals surface area contributed by atoms with E-state index in [1.165, 1.54) is 4.90 Å². The number of rotatable bonds is 4. The van der Waals surface area contributed by atoms with E-state index in [0.717, 1.165) is 23.8 Å². The molecule has 0 radical (unpaired) electrons. The molecular formula is C18H17F2N3O2. The Kier molecular flexibility index (Phi) is 4.74. The van der Waals surface area contributed by atoms with Gasteiger partial charge in [-0.15, -0.1) is 0 Å². The van der Waals surface area contributed by atoms with E-state index in [2.05, 4.69) is 10.3 Å². The van der Waals surface area contributed by atoms with Gasteiger partial charge < -0.3 is 10.2 Å². The number of halogens is 2. The average Bonchev–Trinajstić information content (AvgIpc) is 2.97. The van der Waals surface area contributed by atoms with Gasteiger partial charge in [0, 0.05) is 37.1 Å². The summed E-state index contributed by atoms with van der Waals surface area (Å²) in [6.07, 6.45) is 3.31. The number of carbonyl (C=O) groups excluding carboxylic acids is 2. The minimum atomic E-state index is -0.763. The normalized spacial score (nSPS) is 18.3. The largest absolute Gasteiger partial charge is 0.349 e. The lowest BCUT2D eigenvalue weighted by molar-refractivity contribution is -0.126. The van der Waals surface area contributed by atoms with Crippen molar-refractivity contribution in [3.8, 4) is 0 Å². The van der Waals surface area contributed by atoms with Crippen molar-refractivity contribution < 1.29 is 18.4 Å². The number of anilines is 1. The average molecular weight is 345 g/mol. The second-order valence-corrected chi connectivity index (χ2v) is 6.05. The van der Waals surface area contributed by atoms with Crippen LogP contribution in [0.25, 0.3) is 0 Å². The Morgan fingerprint density at radius 2 is 2.04 bits per heavy atom. The number of aromatic nitrogens is 1. The van der Waals surface area contributed by atoms with E-state index in [4.69, 9.17) is 0 Å². The van der Waals surface area contributed by atoms with Gasteiger partial charge in [-0.3, -0.25) is 14.6 Å². The lowest BCUT2D eigenvalue weighted by atomic mass is 10.1. The van der Waals surface area contributed by atoms with Crippen LogP contribution in [0.15, 0.2) is 42.7 Å². The molecule has 1 saturated heterocycles. The Morgan fingerprint density at radius 1 is 1.32 bits per heavy atom. The molecule has 25 heavy (non-hydrogen) atoms. The Morgan fingerprint density at radius 3 is 2.68 bits per heavy atom. The fraction of sp³-hybridized carbons (Fsp3) is 0.278. The summed E-state index contributed by atoms with van der Waals surface area (Å²) in [6, 6.07) is 6.27. The van der Waals surface area contributed by atoms with Crippen molar-refractivity contribution in [2.24, 2.45) is 5.92 Å². The van der Waals surface area contributed by atoms with Gasteiger partial charge in [0.1, 0.15) is 11.6 Å². The zero-order valence-electron chi connectivity index (χ0n) is 13.6. The van der Waals surface area contributed by atoms with Gasteiger partial charge in [-0.2, -0.15) is 0 Å². The van der Waals surface area contributed by atoms with Crippen LogP contribution in [0.5, 0.6) is 0 Å². The van der Waals surface area contributed by atoms with Crippen LogP contribution in [0.1, 0.15) is 24.9 Å². The molecule has 1 aliphatic heterocycles. The third kappa shape index (κ3) is 3.81. The summed E-state index contributed by atoms with van der Waals surface area (Å²) in [4.78, 5) is 29.8. The van der Waals surface area contributed by atoms with Crippen LogP contribution < -0.4 is 10.2 Å². The molecule has 1 N–H and O–H groups in total. The zero-order valence-corrected chi connectivity index (χ0v) is 13.6. The molecule has 130 valence electrons. The molecule has 2 heterocycles. The van der Waals surface area contributed by atoms with Gasteiger partial charge in [-0.1, -0.05) is 6.07 Å². The highest BCUT2D eigenvalue weighted by molar-refractivity contribution is 6.00. The molecule has 0 spiro atoms. The van der Waals surface area contributed by atoms with Crippen molar-refractivity contribution in [3.63, 3.8) is 0 Å². The van der Waals surface area contributed by atoms with Gasteiger partial charge in [0.15, 0.2) is 0 Å². The van der Waals surface area contributed by atoms with Gasteiger partial charge in [0.25, 0.3) is 0 Å². The lowest BCUT2D eigenvalue weighted by Gasteiger charge is -2.18. The number of pyridine rings is 1. The summed E-state index contributed by atoms with van der Waals surface area (Å²) in [5.41, 5.74) is 0.974. The molecule has 1 aliphatic rings. The molecule has 1 aromatic carbocycles. The van der Waals surface area contributed by atoms with Gasteiger partial charge >= 0.3 is 0 Å². The van der Waals surface area contributed by atoms with Crippen LogP contribution in [-0.2, 0) is 9.59 Å². The SMILES string of the molecule is C[C@H](NC(=O)[C@H]1CC(=O)N(c2cc(F)cc(F)c2)C1)c1cccnc1. The van der Waals surface area contributed by atoms with Crippen molar-refractivity contribution in [2.45, 2.75) is 19.4 Å². The molecule has 0 bridgehead atoms. The smallest absolute Gasteiger partial charge is 0.227 e. The molecule has 1 aromatic heterocycles. The molecule has 1 fully saturated rings. The highest BCUT2D eigenvalue weighted by Crippen LogP contribution is 2.27. The first-order valence-corrected chi connectivity index (χ1v) is 7.91. The highest BCUT2D eigenvalue weighted by atomic mass is 19.1. The first-order chi connectivity index (χ1) is 11.9. The van der Waals surface area contributed by atoms with Crippen molar-refractivity contribution in [2.75, 3.05) is 11.4 Å².